The molecule has 0 spiro atoms. The van der Waals surface area contributed by atoms with Gasteiger partial charge in [0.25, 0.3) is 5.69 Å². The summed E-state index contributed by atoms with van der Waals surface area (Å²) in [6.07, 6.45) is 1.94. The summed E-state index contributed by atoms with van der Waals surface area (Å²) in [4.78, 5) is 39.8. The molecule has 3 aromatic rings. The van der Waals surface area contributed by atoms with Crippen LogP contribution in [0, 0.1) is 10.1 Å². The monoisotopic (exact) mass is 499 g/mol. The van der Waals surface area contributed by atoms with Crippen LogP contribution >= 0.6 is 11.8 Å². The van der Waals surface area contributed by atoms with E-state index in [0.717, 1.165) is 22.9 Å². The molecule has 1 aromatic heterocycles. The van der Waals surface area contributed by atoms with Gasteiger partial charge in [-0.1, -0.05) is 42.1 Å². The standard InChI is InChI=1S/C24H29N5O5S/c1-34-24(31)19(10-6-7-13-25)27-22(30)17(26)14-16-15-8-2-3-9-18(15)28-23(16)35-21-12-5-4-11-20(21)29(32)33/h2-5,8-9,11-12,17,19,28H,6-7,10,13-14,25-26H2,1H3,(H,27,30)/t17?,19-/m0/s1. The molecule has 1 amide bonds. The van der Waals surface area contributed by atoms with Crippen molar-refractivity contribution in [3.05, 3.63) is 64.2 Å². The average Bonchev–Trinajstić information content (AvgIpc) is 3.19. The number of amides is 1. The minimum Gasteiger partial charge on any atom is -0.467 e. The number of fused-ring (bicyclic) bond motifs is 1. The number of carbonyl (C=O) groups is 2. The predicted octanol–water partition coefficient (Wildman–Crippen LogP) is 2.88. The van der Waals surface area contributed by atoms with Gasteiger partial charge in [0.15, 0.2) is 0 Å². The molecule has 0 fully saturated rings. The smallest absolute Gasteiger partial charge is 0.328 e. The lowest BCUT2D eigenvalue weighted by atomic mass is 10.0. The summed E-state index contributed by atoms with van der Waals surface area (Å²) < 4.78 is 4.81. The highest BCUT2D eigenvalue weighted by Gasteiger charge is 2.26. The number of nitro benzene ring substituents is 1. The third-order valence-corrected chi connectivity index (χ3v) is 6.68. The number of benzene rings is 2. The Labute approximate surface area is 206 Å². The highest BCUT2D eigenvalue weighted by Crippen LogP contribution is 2.38. The minimum absolute atomic E-state index is 0.0115. The van der Waals surface area contributed by atoms with Crippen molar-refractivity contribution in [2.75, 3.05) is 13.7 Å². The minimum atomic E-state index is -0.957. The maximum Gasteiger partial charge on any atom is 0.328 e. The van der Waals surface area contributed by atoms with Crippen LogP contribution in [0.1, 0.15) is 24.8 Å². The normalized spacial score (nSPS) is 12.8. The highest BCUT2D eigenvalue weighted by molar-refractivity contribution is 7.99. The quantitative estimate of drug-likeness (QED) is 0.128. The molecular weight excluding hydrogens is 470 g/mol. The molecule has 10 nitrogen and oxygen atoms in total. The molecule has 1 unspecified atom stereocenters. The molecule has 0 aliphatic heterocycles. The molecule has 0 radical (unpaired) electrons. The summed E-state index contributed by atoms with van der Waals surface area (Å²) >= 11 is 1.21. The van der Waals surface area contributed by atoms with Gasteiger partial charge in [-0.2, -0.15) is 0 Å². The maximum atomic E-state index is 12.9. The number of para-hydroxylation sites is 2. The summed E-state index contributed by atoms with van der Waals surface area (Å²) in [7, 11) is 1.27. The molecule has 0 bridgehead atoms. The number of rotatable bonds is 12. The number of nitro groups is 1. The summed E-state index contributed by atoms with van der Waals surface area (Å²) in [6, 6.07) is 12.2. The van der Waals surface area contributed by atoms with Crippen molar-refractivity contribution >= 4 is 40.2 Å². The first-order chi connectivity index (χ1) is 16.8. The number of nitrogens with one attached hydrogen (secondary N) is 2. The highest BCUT2D eigenvalue weighted by atomic mass is 32.2. The van der Waals surface area contributed by atoms with E-state index in [2.05, 4.69) is 10.3 Å². The van der Waals surface area contributed by atoms with Crippen LogP contribution in [0.25, 0.3) is 10.9 Å². The van der Waals surface area contributed by atoms with E-state index in [1.807, 2.05) is 24.3 Å². The Morgan fingerprint density at radius 3 is 2.60 bits per heavy atom. The molecule has 35 heavy (non-hydrogen) atoms. The number of aromatic nitrogens is 1. The number of methoxy groups -OCH3 is 1. The SMILES string of the molecule is COC(=O)[C@H](CCCCN)NC(=O)C(N)Cc1c(Sc2ccccc2[N+](=O)[O-])[nH]c2ccccc12. The second-order valence-electron chi connectivity index (χ2n) is 7.98. The van der Waals surface area contributed by atoms with Gasteiger partial charge in [0.05, 0.1) is 28.0 Å². The van der Waals surface area contributed by atoms with Crippen LogP contribution in [0.2, 0.25) is 0 Å². The first-order valence-corrected chi connectivity index (χ1v) is 12.0. The Hall–Kier alpha value is -3.41. The van der Waals surface area contributed by atoms with E-state index in [1.165, 1.54) is 24.9 Å². The summed E-state index contributed by atoms with van der Waals surface area (Å²) in [5.74, 6) is -1.03. The van der Waals surface area contributed by atoms with Crippen molar-refractivity contribution < 1.29 is 19.2 Å². The molecule has 1 heterocycles. The topological polar surface area (TPSA) is 166 Å². The van der Waals surface area contributed by atoms with Crippen LogP contribution < -0.4 is 16.8 Å². The van der Waals surface area contributed by atoms with Crippen LogP contribution in [0.15, 0.2) is 58.5 Å². The fourth-order valence-electron chi connectivity index (χ4n) is 3.74. The van der Waals surface area contributed by atoms with E-state index in [-0.39, 0.29) is 12.1 Å². The van der Waals surface area contributed by atoms with Crippen LogP contribution in [0.3, 0.4) is 0 Å². The molecule has 0 aliphatic carbocycles. The van der Waals surface area contributed by atoms with Gasteiger partial charge in [0, 0.05) is 17.0 Å². The number of hydrogen-bond donors (Lipinski definition) is 4. The molecule has 2 aromatic carbocycles. The zero-order valence-electron chi connectivity index (χ0n) is 19.4. The predicted molar refractivity (Wildman–Crippen MR) is 134 cm³/mol. The van der Waals surface area contributed by atoms with Gasteiger partial charge in [0.1, 0.15) is 6.04 Å². The van der Waals surface area contributed by atoms with Gasteiger partial charge in [-0.25, -0.2) is 4.79 Å². The number of ether oxygens (including phenoxy) is 1. The Kier molecular flexibility index (Phi) is 9.24. The van der Waals surface area contributed by atoms with E-state index < -0.39 is 28.9 Å². The molecule has 3 rings (SSSR count). The third kappa shape index (κ3) is 6.59. The van der Waals surface area contributed by atoms with Crippen molar-refractivity contribution in [2.24, 2.45) is 11.5 Å². The van der Waals surface area contributed by atoms with Crippen LogP contribution in [0.4, 0.5) is 5.69 Å². The Morgan fingerprint density at radius 1 is 1.17 bits per heavy atom. The van der Waals surface area contributed by atoms with E-state index in [1.54, 1.807) is 18.2 Å². The van der Waals surface area contributed by atoms with E-state index in [0.29, 0.717) is 29.3 Å². The number of nitrogens with two attached hydrogens (primary N) is 2. The van der Waals surface area contributed by atoms with Gasteiger partial charge in [-0.15, -0.1) is 0 Å². The molecule has 11 heteroatoms. The van der Waals surface area contributed by atoms with Crippen molar-refractivity contribution in [1.82, 2.24) is 10.3 Å². The van der Waals surface area contributed by atoms with E-state index >= 15 is 0 Å². The Bertz CT molecular complexity index is 1200. The average molecular weight is 500 g/mol. The second-order valence-corrected chi connectivity index (χ2v) is 9.04. The van der Waals surface area contributed by atoms with E-state index in [9.17, 15) is 19.7 Å². The van der Waals surface area contributed by atoms with Gasteiger partial charge in [0.2, 0.25) is 5.91 Å². The molecule has 186 valence electrons. The lowest BCUT2D eigenvalue weighted by Gasteiger charge is -2.19. The zero-order valence-corrected chi connectivity index (χ0v) is 20.2. The number of aromatic amines is 1. The second kappa shape index (κ2) is 12.3. The molecule has 6 N–H and O–H groups in total. The first kappa shape index (κ1) is 26.2. The van der Waals surface area contributed by atoms with Crippen LogP contribution in [-0.4, -0.2) is 47.5 Å². The van der Waals surface area contributed by atoms with Crippen LogP contribution in [0.5, 0.6) is 0 Å². The largest absolute Gasteiger partial charge is 0.467 e. The lowest BCUT2D eigenvalue weighted by Crippen LogP contribution is -2.49. The van der Waals surface area contributed by atoms with Crippen molar-refractivity contribution in [3.8, 4) is 0 Å². The molecule has 0 saturated carbocycles. The lowest BCUT2D eigenvalue weighted by molar-refractivity contribution is -0.387. The van der Waals surface area contributed by atoms with Crippen molar-refractivity contribution in [2.45, 2.75) is 47.7 Å². The number of unbranched alkanes of at least 4 members (excludes halogenated alkanes) is 1. The zero-order chi connectivity index (χ0) is 25.4. The number of nitrogens with zero attached hydrogens (tertiary/aromatic N) is 1. The number of hydrogen-bond acceptors (Lipinski definition) is 8. The fourth-order valence-corrected chi connectivity index (χ4v) is 4.84. The molecule has 0 saturated heterocycles. The first-order valence-electron chi connectivity index (χ1n) is 11.2. The molecule has 2 atom stereocenters. The summed E-state index contributed by atoms with van der Waals surface area (Å²) in [6.45, 7) is 0.488. The van der Waals surface area contributed by atoms with Gasteiger partial charge in [-0.05, 0) is 49.9 Å². The molecule has 0 aliphatic rings. The number of esters is 1. The maximum absolute atomic E-state index is 12.9. The van der Waals surface area contributed by atoms with E-state index in [4.69, 9.17) is 16.2 Å². The Balaban J connectivity index is 1.84. The van der Waals surface area contributed by atoms with Crippen molar-refractivity contribution in [3.63, 3.8) is 0 Å². The van der Waals surface area contributed by atoms with Gasteiger partial charge in [-0.3, -0.25) is 14.9 Å². The van der Waals surface area contributed by atoms with Crippen molar-refractivity contribution in [1.29, 1.82) is 0 Å². The Morgan fingerprint density at radius 2 is 1.89 bits per heavy atom. The van der Waals surface area contributed by atoms with Crippen LogP contribution in [-0.2, 0) is 20.7 Å². The fraction of sp³-hybridized carbons (Fsp3) is 0.333. The third-order valence-electron chi connectivity index (χ3n) is 5.56. The summed E-state index contributed by atoms with van der Waals surface area (Å²) in [5, 5.41) is 15.7. The van der Waals surface area contributed by atoms with Gasteiger partial charge < -0.3 is 26.5 Å². The molecular formula is C24H29N5O5S. The summed E-state index contributed by atoms with van der Waals surface area (Å²) in [5.41, 5.74) is 13.4. The number of H-pyrrole nitrogens is 1. The van der Waals surface area contributed by atoms with Gasteiger partial charge >= 0.3 is 5.97 Å². The number of carbonyl (C=O) groups excluding carboxylic acids is 2.